The number of nitrogens with zero attached hydrogens (tertiary/aromatic N) is 2. The molecule has 0 aliphatic carbocycles. The van der Waals surface area contributed by atoms with E-state index in [4.69, 9.17) is 9.72 Å². The Balaban J connectivity index is 1.48. The summed E-state index contributed by atoms with van der Waals surface area (Å²) in [5.74, 6) is 2.14. The lowest BCUT2D eigenvalue weighted by atomic mass is 10.1. The molecular weight excluding hydrogens is 410 g/mol. The number of allylic oxidation sites excluding steroid dienone is 1. The van der Waals surface area contributed by atoms with Crippen LogP contribution in [0.25, 0.3) is 11.0 Å². The van der Waals surface area contributed by atoms with Crippen LogP contribution in [0.5, 0.6) is 5.75 Å². The number of carbonyl (C=O) groups is 1. The van der Waals surface area contributed by atoms with Gasteiger partial charge in [0.25, 0.3) is 0 Å². The first-order valence-corrected chi connectivity index (χ1v) is 12.1. The van der Waals surface area contributed by atoms with Crippen molar-refractivity contribution in [2.24, 2.45) is 0 Å². The number of ether oxygens (including phenoxy) is 1. The van der Waals surface area contributed by atoms with Crippen molar-refractivity contribution < 1.29 is 9.53 Å². The molecule has 1 amide bonds. The van der Waals surface area contributed by atoms with E-state index in [0.717, 1.165) is 75.3 Å². The molecule has 1 aromatic heterocycles. The van der Waals surface area contributed by atoms with Crippen molar-refractivity contribution in [2.75, 3.05) is 13.2 Å². The van der Waals surface area contributed by atoms with Gasteiger partial charge in [0.1, 0.15) is 11.6 Å². The molecule has 0 atom stereocenters. The summed E-state index contributed by atoms with van der Waals surface area (Å²) in [5.41, 5.74) is 4.69. The van der Waals surface area contributed by atoms with Crippen LogP contribution in [0, 0.1) is 13.8 Å². The van der Waals surface area contributed by atoms with Gasteiger partial charge in [0.15, 0.2) is 0 Å². The fourth-order valence-electron chi connectivity index (χ4n) is 3.99. The lowest BCUT2D eigenvalue weighted by molar-refractivity contribution is -0.116. The van der Waals surface area contributed by atoms with E-state index >= 15 is 0 Å². The largest absolute Gasteiger partial charge is 0.493 e. The molecule has 0 bridgehead atoms. The summed E-state index contributed by atoms with van der Waals surface area (Å²) < 4.78 is 8.41. The fourth-order valence-corrected chi connectivity index (χ4v) is 3.99. The van der Waals surface area contributed by atoms with Gasteiger partial charge >= 0.3 is 0 Å². The summed E-state index contributed by atoms with van der Waals surface area (Å²) in [6, 6.07) is 14.7. The third kappa shape index (κ3) is 7.48. The zero-order valence-electron chi connectivity index (χ0n) is 20.3. The summed E-state index contributed by atoms with van der Waals surface area (Å²) in [7, 11) is 0. The molecule has 0 aliphatic rings. The van der Waals surface area contributed by atoms with Crippen LogP contribution < -0.4 is 10.1 Å². The number of para-hydroxylation sites is 2. The first-order chi connectivity index (χ1) is 16.1. The van der Waals surface area contributed by atoms with Gasteiger partial charge in [-0.2, -0.15) is 0 Å². The summed E-state index contributed by atoms with van der Waals surface area (Å²) in [6.07, 6.45) is 9.46. The number of hydrogen-bond donors (Lipinski definition) is 1. The van der Waals surface area contributed by atoms with Crippen LogP contribution in [0.2, 0.25) is 0 Å². The van der Waals surface area contributed by atoms with Crippen molar-refractivity contribution >= 4 is 16.9 Å². The van der Waals surface area contributed by atoms with Gasteiger partial charge in [-0.15, -0.1) is 0 Å². The second kappa shape index (κ2) is 12.8. The van der Waals surface area contributed by atoms with Crippen LogP contribution in [-0.4, -0.2) is 28.6 Å². The van der Waals surface area contributed by atoms with E-state index in [1.165, 1.54) is 16.6 Å². The van der Waals surface area contributed by atoms with Gasteiger partial charge in [-0.3, -0.25) is 4.79 Å². The Morgan fingerprint density at radius 1 is 1.06 bits per heavy atom. The van der Waals surface area contributed by atoms with Crippen molar-refractivity contribution in [3.63, 3.8) is 0 Å². The molecule has 33 heavy (non-hydrogen) atoms. The molecule has 1 N–H and O–H groups in total. The predicted molar refractivity (Wildman–Crippen MR) is 136 cm³/mol. The van der Waals surface area contributed by atoms with E-state index in [-0.39, 0.29) is 5.91 Å². The minimum atomic E-state index is -0.0131. The maximum Gasteiger partial charge on any atom is 0.243 e. The topological polar surface area (TPSA) is 56.2 Å². The van der Waals surface area contributed by atoms with Gasteiger partial charge in [0.05, 0.1) is 17.6 Å². The van der Waals surface area contributed by atoms with E-state index in [2.05, 4.69) is 66.2 Å². The lowest BCUT2D eigenvalue weighted by Crippen LogP contribution is -2.21. The average molecular weight is 448 g/mol. The molecule has 0 radical (unpaired) electrons. The van der Waals surface area contributed by atoms with Crippen LogP contribution in [0.1, 0.15) is 56.0 Å². The van der Waals surface area contributed by atoms with Crippen LogP contribution in [0.15, 0.2) is 54.6 Å². The van der Waals surface area contributed by atoms with Crippen molar-refractivity contribution in [2.45, 2.75) is 65.8 Å². The third-order valence-electron chi connectivity index (χ3n) is 5.81. The second-order valence-electron chi connectivity index (χ2n) is 8.59. The van der Waals surface area contributed by atoms with Gasteiger partial charge in [0.2, 0.25) is 5.91 Å². The number of amides is 1. The summed E-state index contributed by atoms with van der Waals surface area (Å²) in [6.45, 7) is 8.44. The van der Waals surface area contributed by atoms with Crippen molar-refractivity contribution in [3.05, 3.63) is 71.6 Å². The fraction of sp³-hybridized carbons (Fsp3) is 0.429. The molecule has 5 heteroatoms. The smallest absolute Gasteiger partial charge is 0.243 e. The average Bonchev–Trinajstić information content (AvgIpc) is 3.15. The minimum Gasteiger partial charge on any atom is -0.493 e. The molecule has 1 heterocycles. The number of unbranched alkanes of at least 4 members (excludes halogenated alkanes) is 3. The molecule has 3 aromatic rings. The van der Waals surface area contributed by atoms with Gasteiger partial charge in [0, 0.05) is 19.5 Å². The number of aryl methyl sites for hydroxylation is 4. The number of fused-ring (bicyclic) bond motifs is 1. The van der Waals surface area contributed by atoms with Crippen molar-refractivity contribution in [1.29, 1.82) is 0 Å². The summed E-state index contributed by atoms with van der Waals surface area (Å²) in [5, 5.41) is 2.91. The zero-order chi connectivity index (χ0) is 23.5. The monoisotopic (exact) mass is 447 g/mol. The van der Waals surface area contributed by atoms with E-state index in [0.29, 0.717) is 0 Å². The Labute approximate surface area is 197 Å². The second-order valence-corrected chi connectivity index (χ2v) is 8.59. The Hall–Kier alpha value is -3.08. The molecule has 0 saturated heterocycles. The number of benzene rings is 2. The van der Waals surface area contributed by atoms with Crippen LogP contribution in [-0.2, 0) is 17.8 Å². The van der Waals surface area contributed by atoms with E-state index in [9.17, 15) is 4.79 Å². The van der Waals surface area contributed by atoms with E-state index in [1.54, 1.807) is 12.2 Å². The lowest BCUT2D eigenvalue weighted by Gasteiger charge is -2.12. The minimum absolute atomic E-state index is 0.0131. The molecule has 176 valence electrons. The van der Waals surface area contributed by atoms with Gasteiger partial charge in [-0.25, -0.2) is 4.98 Å². The van der Waals surface area contributed by atoms with Gasteiger partial charge < -0.3 is 14.6 Å². The van der Waals surface area contributed by atoms with E-state index in [1.807, 2.05) is 6.92 Å². The predicted octanol–water partition coefficient (Wildman–Crippen LogP) is 5.92. The van der Waals surface area contributed by atoms with Crippen molar-refractivity contribution in [1.82, 2.24) is 14.9 Å². The molecular formula is C28H37N3O2. The standard InChI is InChI=1S/C28H37N3O2/c1-4-12-28(32)29-18-9-5-6-15-27-30-24-13-7-8-14-25(24)31(27)19-10-11-20-33-26-21-22(2)16-17-23(26)3/h4,7-8,12-14,16-17,21H,5-6,9-11,15,18-20H2,1-3H3,(H,29,32)/b12-4+. The molecule has 0 unspecified atom stereocenters. The zero-order valence-corrected chi connectivity index (χ0v) is 20.3. The molecule has 0 fully saturated rings. The number of rotatable bonds is 13. The number of carbonyl (C=O) groups excluding carboxylic acids is 1. The van der Waals surface area contributed by atoms with E-state index < -0.39 is 0 Å². The van der Waals surface area contributed by atoms with Gasteiger partial charge in [-0.1, -0.05) is 36.8 Å². The Bertz CT molecular complexity index is 1070. The number of imidazole rings is 1. The molecule has 0 saturated carbocycles. The maximum absolute atomic E-state index is 11.5. The number of hydrogen-bond acceptors (Lipinski definition) is 3. The first-order valence-electron chi connectivity index (χ1n) is 12.1. The molecule has 2 aromatic carbocycles. The third-order valence-corrected chi connectivity index (χ3v) is 5.81. The summed E-state index contributed by atoms with van der Waals surface area (Å²) >= 11 is 0. The first kappa shape index (κ1) is 24.6. The highest BCUT2D eigenvalue weighted by molar-refractivity contribution is 5.87. The molecule has 0 spiro atoms. The highest BCUT2D eigenvalue weighted by Gasteiger charge is 2.10. The van der Waals surface area contributed by atoms with Crippen LogP contribution in [0.3, 0.4) is 0 Å². The molecule has 3 rings (SSSR count). The maximum atomic E-state index is 11.5. The SMILES string of the molecule is C/C=C/C(=O)NCCCCCc1nc2ccccc2n1CCCCOc1cc(C)ccc1C. The summed E-state index contributed by atoms with van der Waals surface area (Å²) in [4.78, 5) is 16.4. The molecule has 5 nitrogen and oxygen atoms in total. The Kier molecular flexibility index (Phi) is 9.55. The van der Waals surface area contributed by atoms with Gasteiger partial charge in [-0.05, 0) is 81.9 Å². The highest BCUT2D eigenvalue weighted by atomic mass is 16.5. The normalized spacial score (nSPS) is 11.4. The number of aromatic nitrogens is 2. The quantitative estimate of drug-likeness (QED) is 0.261. The van der Waals surface area contributed by atoms with Crippen LogP contribution in [0.4, 0.5) is 0 Å². The Morgan fingerprint density at radius 2 is 1.91 bits per heavy atom. The number of nitrogens with one attached hydrogen (secondary N) is 1. The van der Waals surface area contributed by atoms with Crippen LogP contribution >= 0.6 is 0 Å². The Morgan fingerprint density at radius 3 is 2.76 bits per heavy atom. The molecule has 0 aliphatic heterocycles. The van der Waals surface area contributed by atoms with Crippen molar-refractivity contribution in [3.8, 4) is 5.75 Å². The highest BCUT2D eigenvalue weighted by Crippen LogP contribution is 2.21.